The Labute approximate surface area is 146 Å². The molecule has 1 aliphatic rings. The average molecular weight is 346 g/mol. The van der Waals surface area contributed by atoms with Gasteiger partial charge in [-0.3, -0.25) is 0 Å². The van der Waals surface area contributed by atoms with Crippen LogP contribution in [-0.2, 0) is 4.74 Å². The zero-order valence-corrected chi connectivity index (χ0v) is 15.0. The third-order valence-corrected chi connectivity index (χ3v) is 4.27. The number of anilines is 1. The van der Waals surface area contributed by atoms with E-state index in [-0.39, 0.29) is 12.1 Å². The van der Waals surface area contributed by atoms with Crippen LogP contribution in [0.25, 0.3) is 11.4 Å². The van der Waals surface area contributed by atoms with E-state index in [1.807, 2.05) is 51.1 Å². The number of benzene rings is 1. The SMILES string of the molecule is CC(C)(C)OC(=O)N1CCC(Nc2nc(-c3ccccc3)ns2)C1. The molecule has 7 heteroatoms. The van der Waals surface area contributed by atoms with Gasteiger partial charge in [0.1, 0.15) is 5.60 Å². The molecule has 2 heterocycles. The quantitative estimate of drug-likeness (QED) is 0.919. The molecule has 0 bridgehead atoms. The zero-order chi connectivity index (χ0) is 17.2. The van der Waals surface area contributed by atoms with Gasteiger partial charge in [-0.1, -0.05) is 30.3 Å². The van der Waals surface area contributed by atoms with Crippen LogP contribution in [0.4, 0.5) is 9.93 Å². The Bertz CT molecular complexity index is 696. The molecule has 0 spiro atoms. The number of rotatable bonds is 3. The van der Waals surface area contributed by atoms with Crippen LogP contribution in [0.15, 0.2) is 30.3 Å². The van der Waals surface area contributed by atoms with Gasteiger partial charge in [0.25, 0.3) is 0 Å². The Kier molecular flexibility index (Phi) is 4.71. The molecule has 0 saturated carbocycles. The molecule has 1 N–H and O–H groups in total. The second kappa shape index (κ2) is 6.76. The molecule has 1 aromatic carbocycles. The van der Waals surface area contributed by atoms with Crippen LogP contribution < -0.4 is 5.32 Å². The minimum Gasteiger partial charge on any atom is -0.444 e. The van der Waals surface area contributed by atoms with Crippen LogP contribution in [0.3, 0.4) is 0 Å². The maximum absolute atomic E-state index is 12.1. The Morgan fingerprint density at radius 3 is 2.79 bits per heavy atom. The number of ether oxygens (including phenoxy) is 1. The predicted octanol–water partition coefficient (Wildman–Crippen LogP) is 3.63. The van der Waals surface area contributed by atoms with Crippen molar-refractivity contribution < 1.29 is 9.53 Å². The van der Waals surface area contributed by atoms with Gasteiger partial charge in [0.2, 0.25) is 5.13 Å². The van der Waals surface area contributed by atoms with Crippen molar-refractivity contribution in [1.29, 1.82) is 0 Å². The van der Waals surface area contributed by atoms with Crippen LogP contribution in [0.1, 0.15) is 27.2 Å². The second-order valence-electron chi connectivity index (χ2n) is 6.85. The van der Waals surface area contributed by atoms with E-state index in [0.717, 1.165) is 22.9 Å². The number of hydrogen-bond acceptors (Lipinski definition) is 6. The Balaban J connectivity index is 1.56. The molecule has 6 nitrogen and oxygen atoms in total. The fraction of sp³-hybridized carbons (Fsp3) is 0.471. The number of amides is 1. The first-order valence-corrected chi connectivity index (χ1v) is 8.82. The molecule has 3 rings (SSSR count). The fourth-order valence-electron chi connectivity index (χ4n) is 2.53. The van der Waals surface area contributed by atoms with Crippen LogP contribution >= 0.6 is 11.5 Å². The van der Waals surface area contributed by atoms with E-state index in [2.05, 4.69) is 14.7 Å². The molecule has 1 atom stereocenters. The van der Waals surface area contributed by atoms with E-state index in [1.54, 1.807) is 4.90 Å². The lowest BCUT2D eigenvalue weighted by Crippen LogP contribution is -2.36. The second-order valence-corrected chi connectivity index (χ2v) is 7.60. The standard InChI is InChI=1S/C17H22N4O2S/c1-17(2,3)23-16(22)21-10-9-13(11-21)18-15-19-14(20-24-15)12-7-5-4-6-8-12/h4-8,13H,9-11H2,1-3H3,(H,18,19,20). The lowest BCUT2D eigenvalue weighted by atomic mass is 10.2. The smallest absolute Gasteiger partial charge is 0.410 e. The maximum Gasteiger partial charge on any atom is 0.410 e. The summed E-state index contributed by atoms with van der Waals surface area (Å²) in [5.74, 6) is 0.727. The first-order valence-electron chi connectivity index (χ1n) is 8.04. The normalized spacial score (nSPS) is 17.8. The van der Waals surface area contributed by atoms with Crippen molar-refractivity contribution in [3.63, 3.8) is 0 Å². The summed E-state index contributed by atoms with van der Waals surface area (Å²) in [4.78, 5) is 18.4. The van der Waals surface area contributed by atoms with Gasteiger partial charge in [-0.25, -0.2) is 4.79 Å². The highest BCUT2D eigenvalue weighted by molar-refractivity contribution is 7.09. The number of nitrogens with one attached hydrogen (secondary N) is 1. The van der Waals surface area contributed by atoms with Crippen LogP contribution in [0.5, 0.6) is 0 Å². The van der Waals surface area contributed by atoms with E-state index in [9.17, 15) is 4.79 Å². The van der Waals surface area contributed by atoms with E-state index < -0.39 is 5.60 Å². The van der Waals surface area contributed by atoms with Crippen LogP contribution in [0.2, 0.25) is 0 Å². The van der Waals surface area contributed by atoms with Crippen molar-refractivity contribution in [2.45, 2.75) is 38.8 Å². The summed E-state index contributed by atoms with van der Waals surface area (Å²) < 4.78 is 9.81. The molecule has 0 radical (unpaired) electrons. The number of likely N-dealkylation sites (tertiary alicyclic amines) is 1. The lowest BCUT2D eigenvalue weighted by Gasteiger charge is -2.24. The summed E-state index contributed by atoms with van der Waals surface area (Å²) in [6, 6.07) is 10.1. The summed E-state index contributed by atoms with van der Waals surface area (Å²) in [5, 5.41) is 4.16. The molecule has 2 aromatic rings. The van der Waals surface area contributed by atoms with Crippen molar-refractivity contribution in [2.24, 2.45) is 0 Å². The van der Waals surface area contributed by atoms with Crippen molar-refractivity contribution >= 4 is 22.8 Å². The molecule has 1 unspecified atom stereocenters. The minimum atomic E-state index is -0.466. The van der Waals surface area contributed by atoms with Crippen LogP contribution in [0, 0.1) is 0 Å². The van der Waals surface area contributed by atoms with Crippen molar-refractivity contribution in [3.8, 4) is 11.4 Å². The summed E-state index contributed by atoms with van der Waals surface area (Å²) in [6.45, 7) is 6.95. The molecular formula is C17H22N4O2S. The van der Waals surface area contributed by atoms with Crippen molar-refractivity contribution in [2.75, 3.05) is 18.4 Å². The highest BCUT2D eigenvalue weighted by Gasteiger charge is 2.30. The Morgan fingerprint density at radius 2 is 2.08 bits per heavy atom. The molecule has 128 valence electrons. The van der Waals surface area contributed by atoms with Crippen molar-refractivity contribution in [1.82, 2.24) is 14.3 Å². The van der Waals surface area contributed by atoms with Gasteiger partial charge in [-0.05, 0) is 27.2 Å². The largest absolute Gasteiger partial charge is 0.444 e. The van der Waals surface area contributed by atoms with Gasteiger partial charge in [0.05, 0.1) is 0 Å². The Hall–Kier alpha value is -2.15. The molecule has 1 aliphatic heterocycles. The third kappa shape index (κ3) is 4.23. The number of hydrogen-bond donors (Lipinski definition) is 1. The van der Waals surface area contributed by atoms with E-state index >= 15 is 0 Å². The summed E-state index contributed by atoms with van der Waals surface area (Å²) in [6.07, 6.45) is 0.619. The lowest BCUT2D eigenvalue weighted by molar-refractivity contribution is 0.0293. The van der Waals surface area contributed by atoms with Gasteiger partial charge in [0.15, 0.2) is 5.82 Å². The molecular weight excluding hydrogens is 324 g/mol. The number of aromatic nitrogens is 2. The number of carbonyl (C=O) groups excluding carboxylic acids is 1. The van der Waals surface area contributed by atoms with Gasteiger partial charge in [-0.2, -0.15) is 9.36 Å². The molecule has 1 aromatic heterocycles. The maximum atomic E-state index is 12.1. The third-order valence-electron chi connectivity index (χ3n) is 3.63. The van der Waals surface area contributed by atoms with Gasteiger partial charge in [-0.15, -0.1) is 0 Å². The topological polar surface area (TPSA) is 67.3 Å². The monoisotopic (exact) mass is 346 g/mol. The highest BCUT2D eigenvalue weighted by Crippen LogP contribution is 2.23. The molecule has 1 fully saturated rings. The molecule has 1 saturated heterocycles. The van der Waals surface area contributed by atoms with Gasteiger partial charge < -0.3 is 15.0 Å². The van der Waals surface area contributed by atoms with E-state index in [1.165, 1.54) is 11.5 Å². The minimum absolute atomic E-state index is 0.175. The highest BCUT2D eigenvalue weighted by atomic mass is 32.1. The zero-order valence-electron chi connectivity index (χ0n) is 14.2. The molecule has 1 amide bonds. The first kappa shape index (κ1) is 16.7. The van der Waals surface area contributed by atoms with Crippen LogP contribution in [-0.4, -0.2) is 45.1 Å². The predicted molar refractivity (Wildman–Crippen MR) is 95.2 cm³/mol. The van der Waals surface area contributed by atoms with E-state index in [0.29, 0.717) is 13.1 Å². The molecule has 24 heavy (non-hydrogen) atoms. The van der Waals surface area contributed by atoms with E-state index in [4.69, 9.17) is 4.74 Å². The fourth-order valence-corrected chi connectivity index (χ4v) is 3.20. The summed E-state index contributed by atoms with van der Waals surface area (Å²) >= 11 is 1.34. The first-order chi connectivity index (χ1) is 11.4. The van der Waals surface area contributed by atoms with Gasteiger partial charge >= 0.3 is 6.09 Å². The number of nitrogens with zero attached hydrogens (tertiary/aromatic N) is 3. The average Bonchev–Trinajstić information content (AvgIpc) is 3.16. The summed E-state index contributed by atoms with van der Waals surface area (Å²) in [5.41, 5.74) is 0.537. The number of carbonyl (C=O) groups is 1. The Morgan fingerprint density at radius 1 is 1.33 bits per heavy atom. The van der Waals surface area contributed by atoms with Crippen molar-refractivity contribution in [3.05, 3.63) is 30.3 Å². The van der Waals surface area contributed by atoms with Gasteiger partial charge in [0, 0.05) is 36.2 Å². The summed E-state index contributed by atoms with van der Waals surface area (Å²) in [7, 11) is 0. The molecule has 0 aliphatic carbocycles.